The molecule has 0 radical (unpaired) electrons. The van der Waals surface area contributed by atoms with Crippen LogP contribution >= 0.6 is 23.2 Å². The molecule has 0 aliphatic rings. The van der Waals surface area contributed by atoms with Crippen LogP contribution in [-0.2, 0) is 9.53 Å². The van der Waals surface area contributed by atoms with E-state index < -0.39 is 21.2 Å². The number of carbonyl (C=O) groups excluding carboxylic acids is 1. The molecule has 0 bridgehead atoms. The number of nitrogens with zero attached hydrogens (tertiary/aromatic N) is 4. The molecule has 0 aliphatic carbocycles. The lowest BCUT2D eigenvalue weighted by Crippen LogP contribution is -2.08. The van der Waals surface area contributed by atoms with E-state index in [1.54, 1.807) is 19.1 Å². The van der Waals surface area contributed by atoms with E-state index in [-0.39, 0.29) is 50.1 Å². The molecule has 0 fully saturated rings. The molecule has 0 saturated heterocycles. The van der Waals surface area contributed by atoms with Crippen LogP contribution in [0, 0.1) is 42.9 Å². The Kier molecular flexibility index (Phi) is 14.0. The second-order valence-electron chi connectivity index (χ2n) is 9.43. The van der Waals surface area contributed by atoms with Gasteiger partial charge in [-0.15, -0.1) is 0 Å². The van der Waals surface area contributed by atoms with Crippen molar-refractivity contribution in [2.45, 2.75) is 6.92 Å². The van der Waals surface area contributed by atoms with Crippen molar-refractivity contribution in [2.24, 2.45) is 0 Å². The van der Waals surface area contributed by atoms with Gasteiger partial charge in [0.05, 0.1) is 43.1 Å². The van der Waals surface area contributed by atoms with Gasteiger partial charge in [-0.25, -0.2) is 4.79 Å². The molecule has 1 aromatic heterocycles. The van der Waals surface area contributed by atoms with Crippen molar-refractivity contribution in [1.82, 2.24) is 4.98 Å². The summed E-state index contributed by atoms with van der Waals surface area (Å²) in [5.41, 5.74) is -0.767. The maximum absolute atomic E-state index is 11.8. The molecule has 0 aliphatic heterocycles. The number of nitro groups is 2. The number of benzene rings is 4. The molecule has 5 rings (SSSR count). The molecule has 252 valence electrons. The lowest BCUT2D eigenvalue weighted by Gasteiger charge is -2.04. The van der Waals surface area contributed by atoms with E-state index in [1.807, 2.05) is 60.7 Å². The second-order valence-corrected chi connectivity index (χ2v) is 10.2. The number of aromatic nitrogens is 1. The Hall–Kier alpha value is -6.74. The largest absolute Gasteiger partial charge is 0.462 e. The fraction of sp³-hybridized carbons (Fsp3) is 0.0588. The highest BCUT2D eigenvalue weighted by molar-refractivity contribution is 6.35. The van der Waals surface area contributed by atoms with E-state index in [9.17, 15) is 29.8 Å². The Bertz CT molecular complexity index is 2140. The smallest absolute Gasteiger partial charge is 0.350 e. The third-order valence-corrected chi connectivity index (χ3v) is 6.74. The number of nitro benzene ring substituents is 2. The van der Waals surface area contributed by atoms with Crippen molar-refractivity contribution >= 4 is 57.1 Å². The van der Waals surface area contributed by atoms with Crippen LogP contribution in [0.4, 0.5) is 17.1 Å². The van der Waals surface area contributed by atoms with Crippen LogP contribution in [0.15, 0.2) is 114 Å². The second kappa shape index (κ2) is 18.6. The lowest BCUT2D eigenvalue weighted by molar-refractivity contribution is -0.385. The van der Waals surface area contributed by atoms with E-state index >= 15 is 0 Å². The van der Waals surface area contributed by atoms with Gasteiger partial charge in [0.25, 0.3) is 11.4 Å². The molecule has 16 heteroatoms. The number of aromatic amines is 1. The van der Waals surface area contributed by atoms with Crippen LogP contribution in [0.5, 0.6) is 11.5 Å². The summed E-state index contributed by atoms with van der Waals surface area (Å²) in [5.74, 6) is 0.975. The van der Waals surface area contributed by atoms with Crippen molar-refractivity contribution in [2.75, 3.05) is 11.9 Å². The highest BCUT2D eigenvalue weighted by atomic mass is 35.5. The fourth-order valence-electron chi connectivity index (χ4n) is 3.80. The fourth-order valence-corrected chi connectivity index (χ4v) is 4.30. The van der Waals surface area contributed by atoms with Gasteiger partial charge in [-0.05, 0) is 37.3 Å². The topological polar surface area (TPSA) is 214 Å². The first-order valence-electron chi connectivity index (χ1n) is 14.1. The van der Waals surface area contributed by atoms with Crippen LogP contribution in [0.3, 0.4) is 0 Å². The molecule has 0 spiro atoms. The summed E-state index contributed by atoms with van der Waals surface area (Å²) in [5, 5.41) is 41.5. The number of non-ortho nitro benzene ring substituents is 2. The first kappa shape index (κ1) is 37.7. The van der Waals surface area contributed by atoms with E-state index in [1.165, 1.54) is 18.3 Å². The first-order valence-corrected chi connectivity index (χ1v) is 14.9. The monoisotopic (exact) mass is 714 g/mol. The number of ether oxygens (including phenoxy) is 2. The van der Waals surface area contributed by atoms with Crippen LogP contribution < -0.4 is 15.5 Å². The average Bonchev–Trinajstić information content (AvgIpc) is 3.11. The van der Waals surface area contributed by atoms with Gasteiger partial charge in [-0.1, -0.05) is 59.6 Å². The van der Waals surface area contributed by atoms with Crippen LogP contribution in [-0.4, -0.2) is 27.4 Å². The van der Waals surface area contributed by atoms with Crippen molar-refractivity contribution in [1.29, 1.82) is 10.5 Å². The van der Waals surface area contributed by atoms with Gasteiger partial charge in [-0.2, -0.15) is 10.5 Å². The number of pyridine rings is 1. The zero-order valence-electron chi connectivity index (χ0n) is 25.8. The molecule has 0 unspecified atom stereocenters. The normalized spacial score (nSPS) is 10.1. The predicted octanol–water partition coefficient (Wildman–Crippen LogP) is 8.07. The van der Waals surface area contributed by atoms with E-state index in [0.717, 1.165) is 35.9 Å². The van der Waals surface area contributed by atoms with Gasteiger partial charge in [0.15, 0.2) is 5.57 Å². The summed E-state index contributed by atoms with van der Waals surface area (Å²) < 4.78 is 10.3. The van der Waals surface area contributed by atoms with Gasteiger partial charge in [0, 0.05) is 36.7 Å². The predicted molar refractivity (Wildman–Crippen MR) is 186 cm³/mol. The first-order chi connectivity index (χ1) is 24.0. The lowest BCUT2D eigenvalue weighted by atomic mass is 10.1. The molecular weight excluding hydrogens is 691 g/mol. The summed E-state index contributed by atoms with van der Waals surface area (Å²) in [6, 6.07) is 28.9. The third-order valence-electron chi connectivity index (χ3n) is 6.13. The molecule has 0 atom stereocenters. The number of carbonyl (C=O) groups is 1. The number of rotatable bonds is 8. The minimum Gasteiger partial charge on any atom is -0.462 e. The van der Waals surface area contributed by atoms with Crippen LogP contribution in [0.2, 0.25) is 10.0 Å². The maximum Gasteiger partial charge on any atom is 0.350 e. The summed E-state index contributed by atoms with van der Waals surface area (Å²) in [6.45, 7) is 1.77. The molecule has 0 saturated carbocycles. The number of halogens is 2. The number of nitriles is 2. The van der Waals surface area contributed by atoms with Crippen LogP contribution in [0.25, 0.3) is 10.9 Å². The molecule has 50 heavy (non-hydrogen) atoms. The molecule has 0 amide bonds. The number of para-hydroxylation sites is 2. The highest BCUT2D eigenvalue weighted by Gasteiger charge is 2.15. The van der Waals surface area contributed by atoms with Gasteiger partial charge in [-0.3, -0.25) is 25.0 Å². The number of nitrogens with one attached hydrogen (secondary N) is 2. The standard InChI is InChI=1S/C12H10ClN3O4.C12H10O.C10H4ClN3O3/c1-2-20-12(17)8(6-14)7-15-11-4-3-9(16(18)19)5-10(11)13;1-3-7-11(8-4-1)13-12-9-5-2-6-10-12;11-8-2-6(14(16)17)1-7-9(8)13-4-5(3-12)10(7)15/h3-5,7,15H,2H2,1H3;1-10H;1-2,4H,(H,13,15). The van der Waals surface area contributed by atoms with Crippen molar-refractivity contribution < 1.29 is 24.1 Å². The zero-order valence-corrected chi connectivity index (χ0v) is 27.3. The molecule has 5 aromatic rings. The summed E-state index contributed by atoms with van der Waals surface area (Å²) in [7, 11) is 0. The molecule has 14 nitrogen and oxygen atoms in total. The minimum absolute atomic E-state index is 0.0308. The minimum atomic E-state index is -0.763. The summed E-state index contributed by atoms with van der Waals surface area (Å²) in [4.78, 5) is 45.7. The summed E-state index contributed by atoms with van der Waals surface area (Å²) >= 11 is 11.7. The van der Waals surface area contributed by atoms with E-state index in [2.05, 4.69) is 15.0 Å². The van der Waals surface area contributed by atoms with E-state index in [0.29, 0.717) is 5.69 Å². The number of fused-ring (bicyclic) bond motifs is 1. The number of esters is 1. The summed E-state index contributed by atoms with van der Waals surface area (Å²) in [6.07, 6.45) is 2.35. The maximum atomic E-state index is 11.8. The Morgan fingerprint density at radius 2 is 1.48 bits per heavy atom. The highest BCUT2D eigenvalue weighted by Crippen LogP contribution is 2.27. The molecular formula is C34H24Cl2N6O8. The van der Waals surface area contributed by atoms with Gasteiger partial charge in [0.2, 0.25) is 5.43 Å². The molecule has 2 N–H and O–H groups in total. The number of hydrogen-bond donors (Lipinski definition) is 2. The van der Waals surface area contributed by atoms with Gasteiger partial charge >= 0.3 is 5.97 Å². The van der Waals surface area contributed by atoms with Crippen molar-refractivity contribution in [3.05, 3.63) is 155 Å². The number of hydrogen-bond acceptors (Lipinski definition) is 11. The average molecular weight is 716 g/mol. The van der Waals surface area contributed by atoms with Crippen molar-refractivity contribution in [3.8, 4) is 23.6 Å². The SMILES string of the molecule is CCOC(=O)C(C#N)=CNc1ccc([N+](=O)[O-])cc1Cl.N#Cc1c[nH]c2c(Cl)cc([N+](=O)[O-])cc2c1=O.c1ccc(Oc2ccccc2)cc1. The van der Waals surface area contributed by atoms with Gasteiger partial charge in [0.1, 0.15) is 29.2 Å². The quantitative estimate of drug-likeness (QED) is 0.0515. The Labute approximate surface area is 293 Å². The van der Waals surface area contributed by atoms with Gasteiger partial charge < -0.3 is 19.8 Å². The number of anilines is 1. The molecule has 1 heterocycles. The Balaban J connectivity index is 0.000000207. The molecule has 4 aromatic carbocycles. The number of H-pyrrole nitrogens is 1. The Morgan fingerprint density at radius 1 is 0.900 bits per heavy atom. The van der Waals surface area contributed by atoms with Crippen molar-refractivity contribution in [3.63, 3.8) is 0 Å². The third kappa shape index (κ3) is 10.6. The zero-order chi connectivity index (χ0) is 36.6. The van der Waals surface area contributed by atoms with Crippen LogP contribution in [0.1, 0.15) is 12.5 Å². The Morgan fingerprint density at radius 3 is 1.98 bits per heavy atom. The van der Waals surface area contributed by atoms with E-state index in [4.69, 9.17) is 38.5 Å².